The molecule has 0 atom stereocenters. The van der Waals surface area contributed by atoms with Gasteiger partial charge in [-0.25, -0.2) is 9.97 Å². The Hall–Kier alpha value is -2.18. The number of H-pyrrole nitrogens is 1. The second kappa shape index (κ2) is 8.88. The number of aryl methyl sites for hydroxylation is 1. The van der Waals surface area contributed by atoms with Crippen molar-refractivity contribution in [2.24, 2.45) is 0 Å². The van der Waals surface area contributed by atoms with Gasteiger partial charge < -0.3 is 20.8 Å². The maximum Gasteiger partial charge on any atom is 0.150 e. The van der Waals surface area contributed by atoms with E-state index in [0.29, 0.717) is 19.0 Å². The van der Waals surface area contributed by atoms with Crippen molar-refractivity contribution in [3.05, 3.63) is 29.6 Å². The van der Waals surface area contributed by atoms with Crippen LogP contribution in [0.4, 0.5) is 5.82 Å². The summed E-state index contributed by atoms with van der Waals surface area (Å²) in [7, 11) is 0. The quantitative estimate of drug-likeness (QED) is 0.479. The van der Waals surface area contributed by atoms with Crippen LogP contribution in [0.25, 0.3) is 21.9 Å². The topological polar surface area (TPSA) is 88.8 Å². The molecule has 1 aromatic carbocycles. The number of hydrogen-bond acceptors (Lipinski definition) is 5. The molecule has 0 saturated carbocycles. The zero-order valence-electron chi connectivity index (χ0n) is 17.6. The highest BCUT2D eigenvalue weighted by Gasteiger charge is 2.12. The Morgan fingerprint density at radius 3 is 2.71 bits per heavy atom. The minimum Gasteiger partial charge on any atom is -0.382 e. The van der Waals surface area contributed by atoms with Crippen LogP contribution in [-0.2, 0) is 17.8 Å². The number of benzene rings is 1. The van der Waals surface area contributed by atoms with Gasteiger partial charge in [0.15, 0.2) is 0 Å². The Morgan fingerprint density at radius 1 is 1.14 bits per heavy atom. The first-order valence-electron chi connectivity index (χ1n) is 10.3. The van der Waals surface area contributed by atoms with E-state index in [2.05, 4.69) is 54.3 Å². The number of ether oxygens (including phenoxy) is 1. The van der Waals surface area contributed by atoms with Crippen LogP contribution in [0.2, 0.25) is 0 Å². The van der Waals surface area contributed by atoms with Gasteiger partial charge >= 0.3 is 0 Å². The van der Waals surface area contributed by atoms with Gasteiger partial charge in [-0.05, 0) is 71.2 Å². The molecule has 3 rings (SSSR count). The predicted octanol–water partition coefficient (Wildman–Crippen LogP) is 4.33. The van der Waals surface area contributed by atoms with Crippen LogP contribution in [0.5, 0.6) is 0 Å². The summed E-state index contributed by atoms with van der Waals surface area (Å²) in [5, 5.41) is 4.60. The highest BCUT2D eigenvalue weighted by atomic mass is 16.5. The van der Waals surface area contributed by atoms with Crippen molar-refractivity contribution in [2.75, 3.05) is 18.9 Å². The fourth-order valence-electron chi connectivity index (χ4n) is 3.38. The van der Waals surface area contributed by atoms with Gasteiger partial charge in [-0.3, -0.25) is 0 Å². The van der Waals surface area contributed by atoms with Crippen molar-refractivity contribution in [2.45, 2.75) is 65.5 Å². The SMILES string of the molecule is CCOCc1nc2c([nH]1)c(N)nc1ccc(CCCCCNC(C)(C)C)cc12. The molecule has 0 amide bonds. The number of nitrogens with two attached hydrogens (primary N) is 1. The Kier molecular flexibility index (Phi) is 6.52. The molecule has 2 aromatic heterocycles. The monoisotopic (exact) mass is 383 g/mol. The molecule has 6 heteroatoms. The van der Waals surface area contributed by atoms with E-state index in [1.54, 1.807) is 0 Å². The Morgan fingerprint density at radius 2 is 1.96 bits per heavy atom. The standard InChI is InChI=1S/C22H33N5O/c1-5-28-14-18-26-19-16-13-15(9-7-6-8-12-24-22(2,3)4)10-11-17(16)25-21(23)20(19)27-18/h10-11,13,24H,5-9,12,14H2,1-4H3,(H2,23,25)(H,26,27). The number of rotatable bonds is 9. The molecule has 152 valence electrons. The van der Waals surface area contributed by atoms with Crippen molar-refractivity contribution >= 4 is 27.8 Å². The van der Waals surface area contributed by atoms with Gasteiger partial charge in [0.1, 0.15) is 29.3 Å². The number of hydrogen-bond donors (Lipinski definition) is 3. The summed E-state index contributed by atoms with van der Waals surface area (Å²) in [5.74, 6) is 1.27. The Labute approximate surface area is 167 Å². The third kappa shape index (κ3) is 5.20. The molecule has 6 nitrogen and oxygen atoms in total. The summed E-state index contributed by atoms with van der Waals surface area (Å²) in [4.78, 5) is 12.5. The lowest BCUT2D eigenvalue weighted by Crippen LogP contribution is -2.36. The number of aromatic amines is 1. The molecule has 0 aliphatic rings. The van der Waals surface area contributed by atoms with E-state index >= 15 is 0 Å². The second-order valence-corrected chi connectivity index (χ2v) is 8.38. The first-order chi connectivity index (χ1) is 13.4. The highest BCUT2D eigenvalue weighted by molar-refractivity contribution is 6.06. The van der Waals surface area contributed by atoms with E-state index in [0.717, 1.165) is 40.7 Å². The van der Waals surface area contributed by atoms with Crippen LogP contribution in [0.15, 0.2) is 18.2 Å². The summed E-state index contributed by atoms with van der Waals surface area (Å²) < 4.78 is 5.47. The summed E-state index contributed by atoms with van der Waals surface area (Å²) >= 11 is 0. The molecule has 0 radical (unpaired) electrons. The minimum atomic E-state index is 0.198. The molecule has 0 bridgehead atoms. The lowest BCUT2D eigenvalue weighted by atomic mass is 10.0. The maximum absolute atomic E-state index is 6.13. The molecule has 0 unspecified atom stereocenters. The lowest BCUT2D eigenvalue weighted by Gasteiger charge is -2.20. The molecule has 0 saturated heterocycles. The highest BCUT2D eigenvalue weighted by Crippen LogP contribution is 2.27. The van der Waals surface area contributed by atoms with Gasteiger partial charge in [0.25, 0.3) is 0 Å². The fourth-order valence-corrected chi connectivity index (χ4v) is 3.38. The van der Waals surface area contributed by atoms with Crippen molar-refractivity contribution in [3.63, 3.8) is 0 Å². The van der Waals surface area contributed by atoms with Crippen LogP contribution in [0.3, 0.4) is 0 Å². The first-order valence-corrected chi connectivity index (χ1v) is 10.3. The molecule has 2 heterocycles. The molecule has 4 N–H and O–H groups in total. The van der Waals surface area contributed by atoms with E-state index < -0.39 is 0 Å². The van der Waals surface area contributed by atoms with Crippen molar-refractivity contribution in [1.82, 2.24) is 20.3 Å². The molecule has 0 spiro atoms. The molecule has 3 aromatic rings. The first kappa shape index (κ1) is 20.6. The average Bonchev–Trinajstić information content (AvgIpc) is 3.07. The number of nitrogens with one attached hydrogen (secondary N) is 2. The number of nitrogen functional groups attached to an aromatic ring is 1. The van der Waals surface area contributed by atoms with Crippen molar-refractivity contribution < 1.29 is 4.74 Å². The van der Waals surface area contributed by atoms with E-state index in [-0.39, 0.29) is 5.54 Å². The van der Waals surface area contributed by atoms with E-state index in [1.165, 1.54) is 24.8 Å². The summed E-state index contributed by atoms with van der Waals surface area (Å²) in [6.07, 6.45) is 4.66. The van der Waals surface area contributed by atoms with Crippen molar-refractivity contribution in [1.29, 1.82) is 0 Å². The van der Waals surface area contributed by atoms with Crippen LogP contribution in [0, 0.1) is 0 Å². The molecular weight excluding hydrogens is 350 g/mol. The number of unbranched alkanes of at least 4 members (excludes halogenated alkanes) is 2. The van der Waals surface area contributed by atoms with E-state index in [4.69, 9.17) is 15.5 Å². The minimum absolute atomic E-state index is 0.198. The number of imidazole rings is 1. The second-order valence-electron chi connectivity index (χ2n) is 8.38. The van der Waals surface area contributed by atoms with Gasteiger partial charge in [0.2, 0.25) is 0 Å². The maximum atomic E-state index is 6.13. The van der Waals surface area contributed by atoms with Crippen LogP contribution < -0.4 is 11.1 Å². The molecule has 0 fully saturated rings. The fraction of sp³-hybridized carbons (Fsp3) is 0.545. The number of pyridine rings is 1. The Balaban J connectivity index is 1.70. The molecule has 0 aliphatic heterocycles. The summed E-state index contributed by atoms with van der Waals surface area (Å²) in [6, 6.07) is 6.42. The predicted molar refractivity (Wildman–Crippen MR) is 116 cm³/mol. The Bertz CT molecular complexity index is 926. The van der Waals surface area contributed by atoms with E-state index in [1.807, 2.05) is 6.92 Å². The van der Waals surface area contributed by atoms with E-state index in [9.17, 15) is 0 Å². The van der Waals surface area contributed by atoms with Gasteiger partial charge in [0, 0.05) is 17.5 Å². The largest absolute Gasteiger partial charge is 0.382 e. The summed E-state index contributed by atoms with van der Waals surface area (Å²) in [5.41, 5.74) is 10.2. The zero-order chi connectivity index (χ0) is 20.1. The smallest absolute Gasteiger partial charge is 0.150 e. The van der Waals surface area contributed by atoms with Crippen molar-refractivity contribution in [3.8, 4) is 0 Å². The number of anilines is 1. The third-order valence-corrected chi connectivity index (χ3v) is 4.81. The number of fused-ring (bicyclic) bond motifs is 3. The van der Waals surface area contributed by atoms with Gasteiger partial charge in [0.05, 0.1) is 5.52 Å². The normalized spacial score (nSPS) is 12.3. The third-order valence-electron chi connectivity index (χ3n) is 4.81. The van der Waals surface area contributed by atoms with Crippen LogP contribution >= 0.6 is 0 Å². The molecular formula is C22H33N5O. The van der Waals surface area contributed by atoms with Gasteiger partial charge in [-0.2, -0.15) is 0 Å². The molecule has 0 aliphatic carbocycles. The van der Waals surface area contributed by atoms with Crippen LogP contribution in [0.1, 0.15) is 58.3 Å². The average molecular weight is 384 g/mol. The van der Waals surface area contributed by atoms with Gasteiger partial charge in [-0.1, -0.05) is 12.5 Å². The lowest BCUT2D eigenvalue weighted by molar-refractivity contribution is 0.129. The zero-order valence-corrected chi connectivity index (χ0v) is 17.6. The molecule has 28 heavy (non-hydrogen) atoms. The number of nitrogens with zero attached hydrogens (tertiary/aromatic N) is 2. The summed E-state index contributed by atoms with van der Waals surface area (Å²) in [6.45, 7) is 10.8. The van der Waals surface area contributed by atoms with Gasteiger partial charge in [-0.15, -0.1) is 0 Å². The number of aromatic nitrogens is 3. The van der Waals surface area contributed by atoms with Crippen LogP contribution in [-0.4, -0.2) is 33.6 Å².